The van der Waals surface area contributed by atoms with Gasteiger partial charge in [0.1, 0.15) is 18.3 Å². The van der Waals surface area contributed by atoms with Gasteiger partial charge in [-0.3, -0.25) is 20.2 Å². The first kappa shape index (κ1) is 16.5. The second-order valence-electron chi connectivity index (χ2n) is 6.01. The van der Waals surface area contributed by atoms with E-state index in [-0.39, 0.29) is 5.91 Å². The van der Waals surface area contributed by atoms with E-state index < -0.39 is 0 Å². The van der Waals surface area contributed by atoms with E-state index in [1.54, 1.807) is 23.0 Å². The zero-order valence-electron chi connectivity index (χ0n) is 14.5. The highest BCUT2D eigenvalue weighted by Gasteiger charge is 2.13. The molecule has 0 spiro atoms. The molecule has 8 nitrogen and oxygen atoms in total. The number of hydrogen-bond donors (Lipinski definition) is 3. The minimum Gasteiger partial charge on any atom is -0.393 e. The highest BCUT2D eigenvalue weighted by atomic mass is 16.2. The van der Waals surface area contributed by atoms with Gasteiger partial charge in [-0.15, -0.1) is 0 Å². The van der Waals surface area contributed by atoms with E-state index in [1.807, 2.05) is 43.3 Å². The van der Waals surface area contributed by atoms with E-state index in [9.17, 15) is 4.79 Å². The number of aryl methyl sites for hydroxylation is 1. The quantitative estimate of drug-likeness (QED) is 0.483. The molecule has 2 aromatic carbocycles. The molecule has 0 fully saturated rings. The summed E-state index contributed by atoms with van der Waals surface area (Å²) in [6.45, 7) is 1.96. The van der Waals surface area contributed by atoms with Crippen LogP contribution < -0.4 is 16.6 Å². The number of rotatable bonds is 4. The Hall–Kier alpha value is -3.94. The van der Waals surface area contributed by atoms with Crippen molar-refractivity contribution in [3.05, 3.63) is 72.3 Å². The van der Waals surface area contributed by atoms with Gasteiger partial charge in [-0.05, 0) is 31.2 Å². The smallest absolute Gasteiger partial charge is 0.269 e. The molecule has 134 valence electrons. The zero-order chi connectivity index (χ0) is 18.8. The van der Waals surface area contributed by atoms with Gasteiger partial charge in [0.15, 0.2) is 11.6 Å². The average Bonchev–Trinajstić information content (AvgIpc) is 3.11. The van der Waals surface area contributed by atoms with Crippen LogP contribution in [0.3, 0.4) is 0 Å². The maximum absolute atomic E-state index is 12.3. The van der Waals surface area contributed by atoms with Crippen LogP contribution in [-0.2, 0) is 0 Å². The number of benzene rings is 2. The van der Waals surface area contributed by atoms with Gasteiger partial charge in [-0.25, -0.2) is 15.0 Å². The molecule has 0 aliphatic heterocycles. The molecule has 0 atom stereocenters. The molecule has 0 aliphatic rings. The van der Waals surface area contributed by atoms with Crippen LogP contribution in [0.4, 0.5) is 11.5 Å². The second-order valence-corrected chi connectivity index (χ2v) is 6.01. The minimum atomic E-state index is -0.289. The van der Waals surface area contributed by atoms with E-state index in [0.29, 0.717) is 22.9 Å². The molecule has 2 heterocycles. The maximum atomic E-state index is 12.3. The van der Waals surface area contributed by atoms with Gasteiger partial charge in [0.05, 0.1) is 11.0 Å². The number of carbonyl (C=O) groups excluding carboxylic acids is 1. The van der Waals surface area contributed by atoms with Crippen LogP contribution in [0.2, 0.25) is 0 Å². The van der Waals surface area contributed by atoms with Crippen molar-refractivity contribution in [2.24, 2.45) is 0 Å². The van der Waals surface area contributed by atoms with Gasteiger partial charge < -0.3 is 5.73 Å². The fourth-order valence-electron chi connectivity index (χ4n) is 2.70. The molecule has 2 aromatic heterocycles. The first-order chi connectivity index (χ1) is 13.1. The number of nitrogens with zero attached hydrogens (tertiary/aromatic N) is 4. The van der Waals surface area contributed by atoms with Crippen LogP contribution in [0.15, 0.2) is 61.2 Å². The predicted octanol–water partition coefficient (Wildman–Crippen LogP) is 2.46. The highest BCUT2D eigenvalue weighted by Crippen LogP contribution is 2.24. The Bertz CT molecular complexity index is 1120. The first-order valence-electron chi connectivity index (χ1n) is 8.29. The molecule has 0 saturated heterocycles. The monoisotopic (exact) mass is 359 g/mol. The van der Waals surface area contributed by atoms with Gasteiger partial charge in [0.25, 0.3) is 5.91 Å². The van der Waals surface area contributed by atoms with E-state index in [0.717, 1.165) is 16.6 Å². The van der Waals surface area contributed by atoms with Gasteiger partial charge in [0.2, 0.25) is 0 Å². The number of amides is 1. The van der Waals surface area contributed by atoms with Crippen molar-refractivity contribution in [1.29, 1.82) is 0 Å². The molecule has 4 N–H and O–H groups in total. The predicted molar refractivity (Wildman–Crippen MR) is 103 cm³/mol. The SMILES string of the molecule is Cc1ccc(C(=O)NNc2ncnc(-n3cnc4ccccc43)c2N)cc1. The van der Waals surface area contributed by atoms with Gasteiger partial charge in [0, 0.05) is 5.56 Å². The third-order valence-corrected chi connectivity index (χ3v) is 4.15. The average molecular weight is 359 g/mol. The normalized spacial score (nSPS) is 10.7. The van der Waals surface area contributed by atoms with E-state index >= 15 is 0 Å². The number of aromatic nitrogens is 4. The molecule has 8 heteroatoms. The van der Waals surface area contributed by atoms with Gasteiger partial charge >= 0.3 is 0 Å². The number of carbonyl (C=O) groups is 1. The second kappa shape index (κ2) is 6.75. The summed E-state index contributed by atoms with van der Waals surface area (Å²) in [6.07, 6.45) is 3.03. The van der Waals surface area contributed by atoms with Crippen LogP contribution in [0.5, 0.6) is 0 Å². The number of nitrogens with one attached hydrogen (secondary N) is 2. The molecule has 0 bridgehead atoms. The van der Waals surface area contributed by atoms with Crippen LogP contribution >= 0.6 is 0 Å². The molecule has 4 rings (SSSR count). The fraction of sp³-hybridized carbons (Fsp3) is 0.0526. The lowest BCUT2D eigenvalue weighted by Gasteiger charge is -2.13. The topological polar surface area (TPSA) is 111 Å². The van der Waals surface area contributed by atoms with Crippen molar-refractivity contribution in [1.82, 2.24) is 24.9 Å². The summed E-state index contributed by atoms with van der Waals surface area (Å²) in [5, 5.41) is 0. The van der Waals surface area contributed by atoms with Crippen molar-refractivity contribution < 1.29 is 4.79 Å². The molecular formula is C19H17N7O. The van der Waals surface area contributed by atoms with E-state index in [2.05, 4.69) is 25.8 Å². The van der Waals surface area contributed by atoms with Crippen molar-refractivity contribution in [3.63, 3.8) is 0 Å². The number of para-hydroxylation sites is 2. The molecule has 27 heavy (non-hydrogen) atoms. The van der Waals surface area contributed by atoms with Crippen molar-refractivity contribution in [2.75, 3.05) is 11.2 Å². The van der Waals surface area contributed by atoms with Crippen LogP contribution in [0.1, 0.15) is 15.9 Å². The zero-order valence-corrected chi connectivity index (χ0v) is 14.5. The van der Waals surface area contributed by atoms with Crippen molar-refractivity contribution in [3.8, 4) is 5.82 Å². The Morgan fingerprint density at radius 3 is 2.63 bits per heavy atom. The summed E-state index contributed by atoms with van der Waals surface area (Å²) in [6, 6.07) is 14.9. The fourth-order valence-corrected chi connectivity index (χ4v) is 2.70. The molecule has 0 unspecified atom stereocenters. The van der Waals surface area contributed by atoms with Gasteiger partial charge in [-0.2, -0.15) is 0 Å². The molecule has 0 saturated carbocycles. The number of hydrazine groups is 1. The molecule has 1 amide bonds. The Balaban J connectivity index is 1.59. The summed E-state index contributed by atoms with van der Waals surface area (Å²) in [5.74, 6) is 0.492. The van der Waals surface area contributed by atoms with E-state index in [4.69, 9.17) is 5.73 Å². The standard InChI is InChI=1S/C19H17N7O/c1-12-6-8-13(9-7-12)19(27)25-24-17-16(20)18(22-10-21-17)26-11-23-14-4-2-3-5-15(14)26/h2-11H,20H2,1H3,(H,25,27)(H,21,22,24). The Labute approximate surface area is 155 Å². The minimum absolute atomic E-state index is 0.289. The Morgan fingerprint density at radius 2 is 1.81 bits per heavy atom. The summed E-state index contributed by atoms with van der Waals surface area (Å²) < 4.78 is 1.78. The van der Waals surface area contributed by atoms with Crippen LogP contribution in [0.25, 0.3) is 16.9 Å². The third kappa shape index (κ3) is 3.15. The van der Waals surface area contributed by atoms with Crippen molar-refractivity contribution in [2.45, 2.75) is 6.92 Å². The Morgan fingerprint density at radius 1 is 1.04 bits per heavy atom. The summed E-state index contributed by atoms with van der Waals surface area (Å²) in [7, 11) is 0. The molecule has 0 radical (unpaired) electrons. The van der Waals surface area contributed by atoms with Gasteiger partial charge in [-0.1, -0.05) is 29.8 Å². The van der Waals surface area contributed by atoms with Crippen LogP contribution in [-0.4, -0.2) is 25.4 Å². The maximum Gasteiger partial charge on any atom is 0.269 e. The number of fused-ring (bicyclic) bond motifs is 1. The Kier molecular flexibility index (Phi) is 4.13. The lowest BCUT2D eigenvalue weighted by molar-refractivity contribution is 0.0962. The third-order valence-electron chi connectivity index (χ3n) is 4.15. The largest absolute Gasteiger partial charge is 0.393 e. The number of anilines is 2. The summed E-state index contributed by atoms with van der Waals surface area (Å²) in [5.41, 5.74) is 15.2. The molecular weight excluding hydrogens is 342 g/mol. The summed E-state index contributed by atoms with van der Waals surface area (Å²) >= 11 is 0. The number of nitrogen functional groups attached to an aromatic ring is 1. The number of hydrogen-bond acceptors (Lipinski definition) is 6. The highest BCUT2D eigenvalue weighted by molar-refractivity contribution is 5.95. The number of nitrogens with two attached hydrogens (primary N) is 1. The lowest BCUT2D eigenvalue weighted by Crippen LogP contribution is -2.30. The van der Waals surface area contributed by atoms with Crippen LogP contribution in [0, 0.1) is 6.92 Å². The molecule has 4 aromatic rings. The summed E-state index contributed by atoms with van der Waals surface area (Å²) in [4.78, 5) is 25.0. The van der Waals surface area contributed by atoms with E-state index in [1.165, 1.54) is 6.33 Å². The van der Waals surface area contributed by atoms with Crippen molar-refractivity contribution >= 4 is 28.4 Å². The number of imidazole rings is 1. The lowest BCUT2D eigenvalue weighted by atomic mass is 10.1. The molecule has 0 aliphatic carbocycles. The first-order valence-corrected chi connectivity index (χ1v) is 8.29.